The van der Waals surface area contributed by atoms with Gasteiger partial charge in [-0.25, -0.2) is 35.5 Å². The molecule has 0 aromatic heterocycles. The van der Waals surface area contributed by atoms with Gasteiger partial charge in [0, 0.05) is 23.8 Å². The fourth-order valence-corrected chi connectivity index (χ4v) is 3.69. The third-order valence-electron chi connectivity index (χ3n) is 5.61. The van der Waals surface area contributed by atoms with E-state index >= 15 is 0 Å². The molecule has 4 aromatic carbocycles. The number of hydrogen-bond acceptors (Lipinski definition) is 3. The number of rotatable bonds is 7. The van der Waals surface area contributed by atoms with Crippen LogP contribution in [-0.4, -0.2) is 19.7 Å². The lowest BCUT2D eigenvalue weighted by Crippen LogP contribution is -2.09. The Kier molecular flexibility index (Phi) is 8.15. The Labute approximate surface area is 217 Å². The second-order valence-corrected chi connectivity index (χ2v) is 8.21. The third-order valence-corrected chi connectivity index (χ3v) is 5.61. The molecule has 39 heavy (non-hydrogen) atoms. The van der Waals surface area contributed by atoms with Crippen LogP contribution in [0.1, 0.15) is 15.9 Å². The molecule has 3 nitrogen and oxygen atoms in total. The average Bonchev–Trinajstić information content (AvgIpc) is 2.91. The van der Waals surface area contributed by atoms with E-state index in [1.54, 1.807) is 0 Å². The van der Waals surface area contributed by atoms with Gasteiger partial charge in [0.05, 0.1) is 5.56 Å². The maximum Gasteiger partial charge on any atom is 0.343 e. The highest BCUT2D eigenvalue weighted by molar-refractivity contribution is 5.92. The van der Waals surface area contributed by atoms with Gasteiger partial charge in [-0.15, -0.1) is 0 Å². The molecule has 0 bridgehead atoms. The summed E-state index contributed by atoms with van der Waals surface area (Å²) in [6.07, 6.45) is 0. The summed E-state index contributed by atoms with van der Waals surface area (Å²) in [5.74, 6) is -9.71. The number of carbonyl (C=O) groups is 1. The zero-order valence-corrected chi connectivity index (χ0v) is 20.0. The largest absolute Gasteiger partial charge is 0.423 e. The minimum Gasteiger partial charge on any atom is -0.423 e. The van der Waals surface area contributed by atoms with E-state index < -0.39 is 53.3 Å². The summed E-state index contributed by atoms with van der Waals surface area (Å²) < 4.78 is 107. The van der Waals surface area contributed by atoms with Crippen LogP contribution in [0.4, 0.5) is 30.7 Å². The number of methoxy groups -OCH3 is 1. The van der Waals surface area contributed by atoms with Crippen molar-refractivity contribution in [3.8, 4) is 28.0 Å². The molecule has 0 aliphatic rings. The predicted molar refractivity (Wildman–Crippen MR) is 130 cm³/mol. The fraction of sp³-hybridized carbons (Fsp3) is 0.0690. The van der Waals surface area contributed by atoms with Gasteiger partial charge in [-0.2, -0.15) is 0 Å². The van der Waals surface area contributed by atoms with Crippen LogP contribution in [0.15, 0.2) is 78.6 Å². The summed E-state index contributed by atoms with van der Waals surface area (Å²) in [5, 5.41) is 0. The molecule has 0 unspecified atom stereocenters. The van der Waals surface area contributed by atoms with E-state index in [0.29, 0.717) is 12.1 Å². The SMILES string of the molecule is COCC(F)=C(F)c1ccc(OC(=O)c2ccc(-c3ccc(-c4cc(F)c(F)c(F)c4)c(F)c3)c(F)c2)cc1. The monoisotopic (exact) mass is 546 g/mol. The van der Waals surface area contributed by atoms with Crippen molar-refractivity contribution in [3.05, 3.63) is 119 Å². The van der Waals surface area contributed by atoms with Crippen LogP contribution >= 0.6 is 0 Å². The molecule has 0 spiro atoms. The van der Waals surface area contributed by atoms with Crippen LogP contribution < -0.4 is 4.74 Å². The van der Waals surface area contributed by atoms with E-state index in [4.69, 9.17) is 4.74 Å². The average molecular weight is 546 g/mol. The molecule has 4 aromatic rings. The Balaban J connectivity index is 1.52. The summed E-state index contributed by atoms with van der Waals surface area (Å²) in [6, 6.07) is 12.8. The molecular formula is C29H17F7O3. The van der Waals surface area contributed by atoms with Crippen LogP contribution in [-0.2, 0) is 4.74 Å². The van der Waals surface area contributed by atoms with E-state index in [9.17, 15) is 35.5 Å². The van der Waals surface area contributed by atoms with Gasteiger partial charge in [-0.05, 0) is 65.7 Å². The lowest BCUT2D eigenvalue weighted by Gasteiger charge is -2.10. The van der Waals surface area contributed by atoms with Crippen molar-refractivity contribution < 1.29 is 45.0 Å². The van der Waals surface area contributed by atoms with Crippen LogP contribution in [0.25, 0.3) is 28.1 Å². The molecule has 4 rings (SSSR count). The second-order valence-electron chi connectivity index (χ2n) is 8.21. The van der Waals surface area contributed by atoms with Crippen LogP contribution in [0.5, 0.6) is 5.75 Å². The summed E-state index contributed by atoms with van der Waals surface area (Å²) >= 11 is 0. The zero-order valence-electron chi connectivity index (χ0n) is 20.0. The summed E-state index contributed by atoms with van der Waals surface area (Å²) in [4.78, 5) is 12.5. The van der Waals surface area contributed by atoms with Gasteiger partial charge in [-0.3, -0.25) is 0 Å². The Bertz CT molecular complexity index is 1560. The van der Waals surface area contributed by atoms with Crippen molar-refractivity contribution >= 4 is 11.8 Å². The van der Waals surface area contributed by atoms with Gasteiger partial charge in [0.1, 0.15) is 24.0 Å². The lowest BCUT2D eigenvalue weighted by molar-refractivity contribution is 0.0734. The highest BCUT2D eigenvalue weighted by Crippen LogP contribution is 2.31. The summed E-state index contributed by atoms with van der Waals surface area (Å²) in [5.41, 5.74) is -0.804. The Hall–Kier alpha value is -4.44. The quantitative estimate of drug-likeness (QED) is 0.102. The summed E-state index contributed by atoms with van der Waals surface area (Å²) in [7, 11) is 1.21. The first-order valence-corrected chi connectivity index (χ1v) is 11.2. The maximum absolute atomic E-state index is 14.9. The topological polar surface area (TPSA) is 35.5 Å². The lowest BCUT2D eigenvalue weighted by atomic mass is 9.98. The molecule has 0 fully saturated rings. The standard InChI is InChI=1S/C29H17F7O3/c1-38-14-26(34)27(35)15-2-6-19(7-3-15)39-29(37)17-5-9-20(23(31)11-17)16-4-8-21(22(30)10-16)18-12-24(32)28(36)25(33)13-18/h2-13H,14H2,1H3. The minimum atomic E-state index is -1.69. The number of esters is 1. The van der Waals surface area contributed by atoms with Crippen molar-refractivity contribution in [1.82, 2.24) is 0 Å². The number of benzene rings is 4. The number of ether oxygens (including phenoxy) is 2. The first-order valence-electron chi connectivity index (χ1n) is 11.2. The molecule has 0 saturated heterocycles. The van der Waals surface area contributed by atoms with Crippen LogP contribution in [0.2, 0.25) is 0 Å². The first-order chi connectivity index (χ1) is 18.6. The van der Waals surface area contributed by atoms with Gasteiger partial charge >= 0.3 is 5.97 Å². The van der Waals surface area contributed by atoms with E-state index in [1.807, 2.05) is 0 Å². The predicted octanol–water partition coefficient (Wildman–Crippen LogP) is 8.19. The molecule has 200 valence electrons. The van der Waals surface area contributed by atoms with Crippen molar-refractivity contribution in [2.24, 2.45) is 0 Å². The van der Waals surface area contributed by atoms with E-state index in [2.05, 4.69) is 4.74 Å². The fourth-order valence-electron chi connectivity index (χ4n) is 3.69. The highest BCUT2D eigenvalue weighted by Gasteiger charge is 2.17. The number of carbonyl (C=O) groups excluding carboxylic acids is 1. The first kappa shape index (κ1) is 27.6. The smallest absolute Gasteiger partial charge is 0.343 e. The maximum atomic E-state index is 14.9. The molecule has 0 aliphatic carbocycles. The van der Waals surface area contributed by atoms with Crippen LogP contribution in [0.3, 0.4) is 0 Å². The molecule has 0 aliphatic heterocycles. The molecule has 0 heterocycles. The van der Waals surface area contributed by atoms with Gasteiger partial charge in [-0.1, -0.05) is 18.2 Å². The van der Waals surface area contributed by atoms with Gasteiger partial charge in [0.15, 0.2) is 29.1 Å². The van der Waals surface area contributed by atoms with Gasteiger partial charge in [0.2, 0.25) is 0 Å². The van der Waals surface area contributed by atoms with Crippen LogP contribution in [0, 0.1) is 29.1 Å². The molecular weight excluding hydrogens is 529 g/mol. The van der Waals surface area contributed by atoms with Gasteiger partial charge < -0.3 is 9.47 Å². The highest BCUT2D eigenvalue weighted by atomic mass is 19.2. The van der Waals surface area contributed by atoms with Crippen molar-refractivity contribution in [2.75, 3.05) is 13.7 Å². The van der Waals surface area contributed by atoms with E-state index in [-0.39, 0.29) is 39.1 Å². The molecule has 0 N–H and O–H groups in total. The second kappa shape index (κ2) is 11.5. The Morgan fingerprint density at radius 2 is 1.21 bits per heavy atom. The zero-order chi connectivity index (χ0) is 28.3. The molecule has 0 radical (unpaired) electrons. The molecule has 0 atom stereocenters. The summed E-state index contributed by atoms with van der Waals surface area (Å²) in [6.45, 7) is -0.546. The normalized spacial score (nSPS) is 11.8. The van der Waals surface area contributed by atoms with Crippen molar-refractivity contribution in [2.45, 2.75) is 0 Å². The molecule has 0 amide bonds. The van der Waals surface area contributed by atoms with Crippen molar-refractivity contribution in [3.63, 3.8) is 0 Å². The van der Waals surface area contributed by atoms with E-state index in [1.165, 1.54) is 49.6 Å². The van der Waals surface area contributed by atoms with Gasteiger partial charge in [0.25, 0.3) is 0 Å². The number of hydrogen-bond donors (Lipinski definition) is 0. The molecule has 0 saturated carbocycles. The van der Waals surface area contributed by atoms with Crippen molar-refractivity contribution in [1.29, 1.82) is 0 Å². The Morgan fingerprint density at radius 3 is 1.79 bits per heavy atom. The molecule has 10 heteroatoms. The number of halogens is 7. The third kappa shape index (κ3) is 6.01. The van der Waals surface area contributed by atoms with E-state index in [0.717, 1.165) is 18.2 Å². The Morgan fingerprint density at radius 1 is 0.667 bits per heavy atom. The minimum absolute atomic E-state index is 0.0143.